The lowest BCUT2D eigenvalue weighted by Crippen LogP contribution is -2.27. The van der Waals surface area contributed by atoms with Crippen molar-refractivity contribution < 1.29 is 19.1 Å². The number of hydrogen-bond donors (Lipinski definition) is 0. The number of rotatable bonds is 5. The largest absolute Gasteiger partial charge is 0.459 e. The Morgan fingerprint density at radius 3 is 2.64 bits per heavy atom. The monoisotopic (exact) mass is 378 g/mol. The number of ether oxygens (including phenoxy) is 2. The Bertz CT molecular complexity index is 861. The van der Waals surface area contributed by atoms with E-state index >= 15 is 0 Å². The number of benzene rings is 1. The molecule has 1 saturated carbocycles. The number of hydrogen-bond acceptors (Lipinski definition) is 5. The molecule has 0 unspecified atom stereocenters. The molecule has 1 amide bonds. The number of cyclic esters (lactones) is 1. The second-order valence-corrected chi connectivity index (χ2v) is 6.99. The van der Waals surface area contributed by atoms with Crippen LogP contribution in [0.2, 0.25) is 0 Å². The van der Waals surface area contributed by atoms with Crippen molar-refractivity contribution in [3.05, 3.63) is 72.1 Å². The van der Waals surface area contributed by atoms with Crippen molar-refractivity contribution in [3.8, 4) is 0 Å². The Morgan fingerprint density at radius 1 is 1.14 bits per heavy atom. The van der Waals surface area contributed by atoms with E-state index in [2.05, 4.69) is 4.98 Å². The highest BCUT2D eigenvalue weighted by Gasteiger charge is 2.37. The van der Waals surface area contributed by atoms with Gasteiger partial charge in [0.25, 0.3) is 0 Å². The molecule has 0 radical (unpaired) electrons. The van der Waals surface area contributed by atoms with Crippen LogP contribution < -0.4 is 0 Å². The van der Waals surface area contributed by atoms with Gasteiger partial charge in [-0.15, -0.1) is 0 Å². The van der Waals surface area contributed by atoms with E-state index in [4.69, 9.17) is 9.47 Å². The summed E-state index contributed by atoms with van der Waals surface area (Å²) in [6, 6.07) is 12.9. The van der Waals surface area contributed by atoms with Crippen molar-refractivity contribution >= 4 is 17.8 Å². The van der Waals surface area contributed by atoms with Gasteiger partial charge in [0.05, 0.1) is 11.7 Å². The molecule has 1 aromatic carbocycles. The van der Waals surface area contributed by atoms with E-state index in [-0.39, 0.29) is 18.8 Å². The number of carbonyl (C=O) groups is 2. The average molecular weight is 378 g/mol. The maximum atomic E-state index is 12.6. The molecule has 2 aromatic rings. The molecule has 2 aliphatic rings. The molecule has 0 bridgehead atoms. The van der Waals surface area contributed by atoms with Crippen LogP contribution >= 0.6 is 0 Å². The lowest BCUT2D eigenvalue weighted by atomic mass is 10.0. The number of amides is 1. The molecule has 1 aliphatic carbocycles. The van der Waals surface area contributed by atoms with Crippen LogP contribution in [-0.2, 0) is 14.3 Å². The van der Waals surface area contributed by atoms with Crippen molar-refractivity contribution in [2.75, 3.05) is 6.61 Å². The van der Waals surface area contributed by atoms with Gasteiger partial charge in [-0.05, 0) is 43.4 Å². The molecule has 2 fully saturated rings. The van der Waals surface area contributed by atoms with Gasteiger partial charge >= 0.3 is 12.1 Å². The van der Waals surface area contributed by atoms with E-state index in [1.165, 1.54) is 11.0 Å². The highest BCUT2D eigenvalue weighted by atomic mass is 16.6. The Morgan fingerprint density at radius 2 is 1.93 bits per heavy atom. The fourth-order valence-electron chi connectivity index (χ4n) is 3.73. The number of carbonyl (C=O) groups excluding carboxylic acids is 2. The van der Waals surface area contributed by atoms with Gasteiger partial charge in [-0.3, -0.25) is 9.88 Å². The van der Waals surface area contributed by atoms with Gasteiger partial charge in [-0.1, -0.05) is 30.3 Å². The van der Waals surface area contributed by atoms with E-state index in [0.29, 0.717) is 11.3 Å². The van der Waals surface area contributed by atoms with Gasteiger partial charge in [-0.2, -0.15) is 0 Å². The zero-order chi connectivity index (χ0) is 19.3. The molecule has 1 aliphatic heterocycles. The molecule has 1 aromatic heterocycles. The van der Waals surface area contributed by atoms with Crippen LogP contribution in [0.1, 0.15) is 42.9 Å². The van der Waals surface area contributed by atoms with Crippen LogP contribution in [0, 0.1) is 0 Å². The SMILES string of the molecule is O=C(C=C(c1cccnc1)N1C(=O)OC[C@H]1c1ccccc1)OC1CCCC1. The Balaban J connectivity index is 1.68. The first kappa shape index (κ1) is 18.2. The van der Waals surface area contributed by atoms with Crippen LogP contribution in [0.4, 0.5) is 4.79 Å². The van der Waals surface area contributed by atoms with E-state index in [9.17, 15) is 9.59 Å². The topological polar surface area (TPSA) is 68.7 Å². The number of aromatic nitrogens is 1. The average Bonchev–Trinajstić information content (AvgIpc) is 3.37. The lowest BCUT2D eigenvalue weighted by molar-refractivity contribution is -0.142. The molecule has 6 nitrogen and oxygen atoms in total. The van der Waals surface area contributed by atoms with Gasteiger partial charge in [-0.25, -0.2) is 9.59 Å². The maximum absolute atomic E-state index is 12.6. The fourth-order valence-corrected chi connectivity index (χ4v) is 3.73. The predicted molar refractivity (Wildman–Crippen MR) is 103 cm³/mol. The second kappa shape index (κ2) is 8.25. The van der Waals surface area contributed by atoms with E-state index < -0.39 is 12.1 Å². The molecule has 1 saturated heterocycles. The van der Waals surface area contributed by atoms with Crippen molar-refractivity contribution in [2.24, 2.45) is 0 Å². The van der Waals surface area contributed by atoms with Crippen LogP contribution in [0.15, 0.2) is 60.9 Å². The summed E-state index contributed by atoms with van der Waals surface area (Å²) in [5.41, 5.74) is 2.03. The number of esters is 1. The summed E-state index contributed by atoms with van der Waals surface area (Å²) in [7, 11) is 0. The first-order valence-corrected chi connectivity index (χ1v) is 9.56. The third kappa shape index (κ3) is 3.91. The van der Waals surface area contributed by atoms with Crippen LogP contribution in [0.25, 0.3) is 5.70 Å². The quantitative estimate of drug-likeness (QED) is 0.579. The summed E-state index contributed by atoms with van der Waals surface area (Å²) in [4.78, 5) is 30.8. The molecule has 0 N–H and O–H groups in total. The Hall–Kier alpha value is -3.15. The maximum Gasteiger partial charge on any atom is 0.415 e. The minimum absolute atomic E-state index is 0.0469. The Labute approximate surface area is 163 Å². The molecule has 1 atom stereocenters. The van der Waals surface area contributed by atoms with Crippen molar-refractivity contribution in [2.45, 2.75) is 37.8 Å². The Kier molecular flexibility index (Phi) is 5.37. The summed E-state index contributed by atoms with van der Waals surface area (Å²) in [6.07, 6.45) is 8.05. The summed E-state index contributed by atoms with van der Waals surface area (Å²) < 4.78 is 10.9. The van der Waals surface area contributed by atoms with E-state index in [1.54, 1.807) is 18.5 Å². The third-order valence-corrected chi connectivity index (χ3v) is 5.11. The van der Waals surface area contributed by atoms with Gasteiger partial charge in [0.2, 0.25) is 0 Å². The second-order valence-electron chi connectivity index (χ2n) is 6.99. The van der Waals surface area contributed by atoms with Crippen molar-refractivity contribution in [3.63, 3.8) is 0 Å². The lowest BCUT2D eigenvalue weighted by Gasteiger charge is -2.24. The van der Waals surface area contributed by atoms with Crippen molar-refractivity contribution in [1.82, 2.24) is 9.88 Å². The van der Waals surface area contributed by atoms with Crippen LogP contribution in [0.5, 0.6) is 0 Å². The molecule has 6 heteroatoms. The van der Waals surface area contributed by atoms with E-state index in [0.717, 1.165) is 31.2 Å². The molecule has 4 rings (SSSR count). The predicted octanol–water partition coefficient (Wildman–Crippen LogP) is 4.10. The fraction of sp³-hybridized carbons (Fsp3) is 0.318. The van der Waals surface area contributed by atoms with Gasteiger partial charge in [0.1, 0.15) is 12.7 Å². The highest BCUT2D eigenvalue weighted by molar-refractivity contribution is 5.95. The molecule has 2 heterocycles. The van der Waals surface area contributed by atoms with E-state index in [1.807, 2.05) is 36.4 Å². The minimum Gasteiger partial charge on any atom is -0.459 e. The summed E-state index contributed by atoms with van der Waals surface area (Å²) in [5.74, 6) is -0.447. The van der Waals surface area contributed by atoms with Crippen LogP contribution in [0.3, 0.4) is 0 Å². The van der Waals surface area contributed by atoms with Gasteiger partial charge in [0.15, 0.2) is 0 Å². The normalized spacial score (nSPS) is 20.3. The van der Waals surface area contributed by atoms with Gasteiger partial charge < -0.3 is 9.47 Å². The first-order valence-electron chi connectivity index (χ1n) is 9.56. The molecule has 144 valence electrons. The molecule has 28 heavy (non-hydrogen) atoms. The zero-order valence-electron chi connectivity index (χ0n) is 15.5. The molecular formula is C22H22N2O4. The zero-order valence-corrected chi connectivity index (χ0v) is 15.5. The van der Waals surface area contributed by atoms with Crippen molar-refractivity contribution in [1.29, 1.82) is 0 Å². The smallest absolute Gasteiger partial charge is 0.415 e. The summed E-state index contributed by atoms with van der Waals surface area (Å²) in [6.45, 7) is 0.220. The number of pyridine rings is 1. The number of nitrogens with zero attached hydrogens (tertiary/aromatic N) is 2. The molecule has 0 spiro atoms. The minimum atomic E-state index is -0.488. The first-order chi connectivity index (χ1) is 13.7. The summed E-state index contributed by atoms with van der Waals surface area (Å²) >= 11 is 0. The molecular weight excluding hydrogens is 356 g/mol. The highest BCUT2D eigenvalue weighted by Crippen LogP contribution is 2.35. The summed E-state index contributed by atoms with van der Waals surface area (Å²) in [5, 5.41) is 0. The van der Waals surface area contributed by atoms with Crippen LogP contribution in [-0.4, -0.2) is 34.7 Å². The third-order valence-electron chi connectivity index (χ3n) is 5.11. The standard InChI is InChI=1S/C22H22N2O4/c25-21(28-18-10-4-5-11-18)13-19(17-9-6-12-23-14-17)24-20(15-27-22(24)26)16-7-2-1-3-8-16/h1-3,6-9,12-14,18,20H,4-5,10-11,15H2/t20-/m0/s1. The van der Waals surface area contributed by atoms with Gasteiger partial charge in [0, 0.05) is 24.0 Å².